The number of hydrogen-bond acceptors (Lipinski definition) is 9. The molecule has 11 nitrogen and oxygen atoms in total. The monoisotopic (exact) mass is 541 g/mol. The van der Waals surface area contributed by atoms with E-state index in [2.05, 4.69) is 26.0 Å². The van der Waals surface area contributed by atoms with E-state index in [0.29, 0.717) is 11.1 Å². The zero-order valence-corrected chi connectivity index (χ0v) is 19.3. The highest BCUT2D eigenvalue weighted by atomic mass is 79.9. The van der Waals surface area contributed by atoms with Gasteiger partial charge in [-0.25, -0.2) is 4.98 Å². The van der Waals surface area contributed by atoms with Gasteiger partial charge in [-0.15, -0.1) is 0 Å². The summed E-state index contributed by atoms with van der Waals surface area (Å²) in [6.07, 6.45) is 3.77. The van der Waals surface area contributed by atoms with Gasteiger partial charge in [0.15, 0.2) is 5.76 Å². The van der Waals surface area contributed by atoms with Gasteiger partial charge in [-0.3, -0.25) is 25.0 Å². The number of nitro benzene ring substituents is 1. The molecule has 0 unspecified atom stereocenters. The first-order valence-electron chi connectivity index (χ1n) is 9.41. The first-order chi connectivity index (χ1) is 16.3. The van der Waals surface area contributed by atoms with E-state index < -0.39 is 21.6 Å². The van der Waals surface area contributed by atoms with Gasteiger partial charge in [0, 0.05) is 22.7 Å². The third-order valence-corrected chi connectivity index (χ3v) is 5.81. The molecule has 4 rings (SSSR count). The summed E-state index contributed by atoms with van der Waals surface area (Å²) < 4.78 is 6.70. The van der Waals surface area contributed by atoms with Crippen molar-refractivity contribution in [2.24, 2.45) is 5.10 Å². The number of halogens is 1. The number of benzene rings is 2. The molecule has 13 heteroatoms. The Bertz CT molecular complexity index is 1480. The average Bonchev–Trinajstić information content (AvgIpc) is 3.45. The topological polar surface area (TPSA) is 145 Å². The van der Waals surface area contributed by atoms with Gasteiger partial charge in [-0.1, -0.05) is 39.4 Å². The fraction of sp³-hybridized carbons (Fsp3) is 0. The number of aromatic nitrogens is 1. The standard InChI is InChI=1S/C21H12BrN5O6S/c22-14-5-7-17-18(11-14)34-21(24-17)25(23-12-16-6-9-20(33-16)27(31)32)19(28)8-4-13-2-1-3-15(10-13)26(29)30/h1-12H/b8-4+,23-12+. The number of non-ortho nitro benzene ring substituents is 1. The summed E-state index contributed by atoms with van der Waals surface area (Å²) in [7, 11) is 0. The number of fused-ring (bicyclic) bond motifs is 1. The maximum Gasteiger partial charge on any atom is 0.433 e. The largest absolute Gasteiger partial charge is 0.433 e. The van der Waals surface area contributed by atoms with Crippen LogP contribution in [-0.4, -0.2) is 27.0 Å². The van der Waals surface area contributed by atoms with Crippen LogP contribution < -0.4 is 5.01 Å². The molecule has 2 aromatic heterocycles. The molecule has 0 bridgehead atoms. The summed E-state index contributed by atoms with van der Waals surface area (Å²) in [5, 5.41) is 27.2. The van der Waals surface area contributed by atoms with Crippen molar-refractivity contribution in [3.05, 3.63) is 96.7 Å². The maximum atomic E-state index is 13.0. The summed E-state index contributed by atoms with van der Waals surface area (Å²) in [6, 6.07) is 13.7. The van der Waals surface area contributed by atoms with E-state index in [-0.39, 0.29) is 16.6 Å². The van der Waals surface area contributed by atoms with Gasteiger partial charge >= 0.3 is 5.88 Å². The van der Waals surface area contributed by atoms with Crippen molar-refractivity contribution in [1.29, 1.82) is 0 Å². The lowest BCUT2D eigenvalue weighted by Gasteiger charge is -2.10. The fourth-order valence-electron chi connectivity index (χ4n) is 2.78. The van der Waals surface area contributed by atoms with Crippen molar-refractivity contribution < 1.29 is 19.1 Å². The quantitative estimate of drug-likeness (QED) is 0.129. The van der Waals surface area contributed by atoms with Gasteiger partial charge < -0.3 is 4.42 Å². The Balaban J connectivity index is 1.67. The predicted molar refractivity (Wildman–Crippen MR) is 130 cm³/mol. The van der Waals surface area contributed by atoms with Gasteiger partial charge in [0.2, 0.25) is 5.13 Å². The van der Waals surface area contributed by atoms with Gasteiger partial charge in [0.1, 0.15) is 4.92 Å². The molecule has 2 heterocycles. The number of rotatable bonds is 7. The van der Waals surface area contributed by atoms with Crippen LogP contribution in [0.25, 0.3) is 16.3 Å². The van der Waals surface area contributed by atoms with Crippen LogP contribution >= 0.6 is 27.3 Å². The van der Waals surface area contributed by atoms with Crippen molar-refractivity contribution in [1.82, 2.24) is 4.98 Å². The number of carbonyl (C=O) groups is 1. The number of anilines is 1. The predicted octanol–water partition coefficient (Wildman–Crippen LogP) is 5.55. The molecule has 0 saturated carbocycles. The highest BCUT2D eigenvalue weighted by molar-refractivity contribution is 9.10. The maximum absolute atomic E-state index is 13.0. The molecule has 0 radical (unpaired) electrons. The van der Waals surface area contributed by atoms with Crippen LogP contribution in [0.15, 0.2) is 74.7 Å². The number of nitro groups is 2. The van der Waals surface area contributed by atoms with Crippen LogP contribution in [-0.2, 0) is 4.79 Å². The van der Waals surface area contributed by atoms with Gasteiger partial charge in [0.25, 0.3) is 11.6 Å². The second-order valence-corrected chi connectivity index (χ2v) is 8.55. The number of amides is 1. The molecule has 0 spiro atoms. The minimum Gasteiger partial charge on any atom is -0.400 e. The van der Waals surface area contributed by atoms with Crippen molar-refractivity contribution in [3.8, 4) is 0 Å². The third-order valence-electron chi connectivity index (χ3n) is 4.32. The summed E-state index contributed by atoms with van der Waals surface area (Å²) in [6.45, 7) is 0. The van der Waals surface area contributed by atoms with Crippen LogP contribution in [0.2, 0.25) is 0 Å². The van der Waals surface area contributed by atoms with E-state index in [4.69, 9.17) is 4.42 Å². The smallest absolute Gasteiger partial charge is 0.400 e. The molecule has 0 fully saturated rings. The van der Waals surface area contributed by atoms with Crippen molar-refractivity contribution in [3.63, 3.8) is 0 Å². The Labute approximate surface area is 203 Å². The Morgan fingerprint density at radius 3 is 2.68 bits per heavy atom. The molecule has 0 atom stereocenters. The molecule has 34 heavy (non-hydrogen) atoms. The molecule has 0 aliphatic carbocycles. The second kappa shape index (κ2) is 9.72. The summed E-state index contributed by atoms with van der Waals surface area (Å²) in [5.41, 5.74) is 0.981. The lowest BCUT2D eigenvalue weighted by Crippen LogP contribution is -2.23. The first-order valence-corrected chi connectivity index (χ1v) is 11.0. The highest BCUT2D eigenvalue weighted by Crippen LogP contribution is 2.31. The van der Waals surface area contributed by atoms with E-state index in [9.17, 15) is 25.0 Å². The zero-order chi connectivity index (χ0) is 24.2. The molecule has 4 aromatic rings. The minimum atomic E-state index is -0.687. The van der Waals surface area contributed by atoms with Gasteiger partial charge in [-0.05, 0) is 35.9 Å². The van der Waals surface area contributed by atoms with E-state index in [1.54, 1.807) is 12.1 Å². The number of nitrogens with zero attached hydrogens (tertiary/aromatic N) is 5. The summed E-state index contributed by atoms with van der Waals surface area (Å²) >= 11 is 4.60. The van der Waals surface area contributed by atoms with Crippen LogP contribution in [0.4, 0.5) is 16.7 Å². The van der Waals surface area contributed by atoms with E-state index >= 15 is 0 Å². The zero-order valence-electron chi connectivity index (χ0n) is 16.9. The Hall–Kier alpha value is -4.23. The molecule has 2 aromatic carbocycles. The number of hydrazone groups is 1. The second-order valence-electron chi connectivity index (χ2n) is 6.62. The van der Waals surface area contributed by atoms with Crippen molar-refractivity contribution >= 4 is 72.4 Å². The fourth-order valence-corrected chi connectivity index (χ4v) is 4.26. The van der Waals surface area contributed by atoms with E-state index in [1.165, 1.54) is 53.8 Å². The lowest BCUT2D eigenvalue weighted by molar-refractivity contribution is -0.402. The van der Waals surface area contributed by atoms with Crippen molar-refractivity contribution in [2.45, 2.75) is 0 Å². The number of furan rings is 1. The molecule has 0 aliphatic rings. The average molecular weight is 542 g/mol. The van der Waals surface area contributed by atoms with Gasteiger partial charge in [0.05, 0.1) is 27.4 Å². The van der Waals surface area contributed by atoms with Gasteiger partial charge in [-0.2, -0.15) is 10.1 Å². The summed E-state index contributed by atoms with van der Waals surface area (Å²) in [4.78, 5) is 38.1. The van der Waals surface area contributed by atoms with Crippen LogP contribution in [0.1, 0.15) is 11.3 Å². The van der Waals surface area contributed by atoms with E-state index in [0.717, 1.165) is 20.4 Å². The number of thiazole rings is 1. The molecule has 0 aliphatic heterocycles. The van der Waals surface area contributed by atoms with Crippen LogP contribution in [0, 0.1) is 20.2 Å². The Morgan fingerprint density at radius 2 is 1.94 bits per heavy atom. The summed E-state index contributed by atoms with van der Waals surface area (Å²) in [5.74, 6) is -0.993. The molecule has 170 valence electrons. The number of carbonyl (C=O) groups excluding carboxylic acids is 1. The Kier molecular flexibility index (Phi) is 6.56. The molecule has 0 N–H and O–H groups in total. The minimum absolute atomic E-state index is 0.0658. The lowest BCUT2D eigenvalue weighted by atomic mass is 10.2. The molecular formula is C21H12BrN5O6S. The molecule has 1 amide bonds. The van der Waals surface area contributed by atoms with Crippen LogP contribution in [0.3, 0.4) is 0 Å². The normalized spacial score (nSPS) is 11.4. The van der Waals surface area contributed by atoms with Crippen molar-refractivity contribution in [2.75, 3.05) is 5.01 Å². The third kappa shape index (κ3) is 5.22. The molecule has 0 saturated heterocycles. The Morgan fingerprint density at radius 1 is 1.12 bits per heavy atom. The van der Waals surface area contributed by atoms with E-state index in [1.807, 2.05) is 12.1 Å². The van der Waals surface area contributed by atoms with Crippen LogP contribution in [0.5, 0.6) is 0 Å². The first kappa shape index (κ1) is 22.9. The SMILES string of the molecule is O=C(/C=C/c1cccc([N+](=O)[O-])c1)N(/N=C/c1ccc([N+](=O)[O-])o1)c1nc2ccc(Br)cc2s1. The molecular weight excluding hydrogens is 530 g/mol. The highest BCUT2D eigenvalue weighted by Gasteiger charge is 2.18. The number of hydrogen-bond donors (Lipinski definition) is 0.